The SMILES string of the molecule is OC1CC(C(c2ccc(F)cc2)c2ccc(F)cc2)OCC1NCc1ccc2[nH]c(=S)oc2c1. The van der Waals surface area contributed by atoms with E-state index >= 15 is 0 Å². The van der Waals surface area contributed by atoms with Crippen LogP contribution in [-0.2, 0) is 11.3 Å². The summed E-state index contributed by atoms with van der Waals surface area (Å²) in [6.45, 7) is 0.830. The molecular formula is C26H24F2N2O3S. The number of ether oxygens (including phenoxy) is 1. The molecule has 4 aromatic rings. The van der Waals surface area contributed by atoms with Crippen LogP contribution in [-0.4, -0.2) is 34.9 Å². The minimum Gasteiger partial charge on any atom is -0.429 e. The molecule has 0 radical (unpaired) electrons. The van der Waals surface area contributed by atoms with Gasteiger partial charge in [0, 0.05) is 18.9 Å². The van der Waals surface area contributed by atoms with Crippen molar-refractivity contribution in [2.75, 3.05) is 6.61 Å². The molecule has 1 aliphatic heterocycles. The molecule has 2 heterocycles. The van der Waals surface area contributed by atoms with Crippen LogP contribution in [0.15, 0.2) is 71.1 Å². The lowest BCUT2D eigenvalue weighted by atomic mass is 9.82. The molecule has 3 unspecified atom stereocenters. The normalized spacial score (nSPS) is 20.8. The number of aromatic nitrogens is 1. The summed E-state index contributed by atoms with van der Waals surface area (Å²) < 4.78 is 38.7. The average Bonchev–Trinajstić information content (AvgIpc) is 3.20. The maximum absolute atomic E-state index is 13.5. The van der Waals surface area contributed by atoms with Crippen molar-refractivity contribution in [1.29, 1.82) is 0 Å². The first kappa shape index (κ1) is 22.9. The number of aliphatic hydroxyl groups excluding tert-OH is 1. The summed E-state index contributed by atoms with van der Waals surface area (Å²) in [5.74, 6) is -0.919. The predicted octanol–water partition coefficient (Wildman–Crippen LogP) is 5.21. The number of rotatable bonds is 6. The van der Waals surface area contributed by atoms with Gasteiger partial charge in [-0.15, -0.1) is 0 Å². The number of benzene rings is 3. The van der Waals surface area contributed by atoms with Crippen LogP contribution >= 0.6 is 12.2 Å². The number of H-pyrrole nitrogens is 1. The van der Waals surface area contributed by atoms with Crippen LogP contribution in [0.25, 0.3) is 11.1 Å². The maximum Gasteiger partial charge on any atom is 0.266 e. The monoisotopic (exact) mass is 482 g/mol. The van der Waals surface area contributed by atoms with Crippen LogP contribution in [0.1, 0.15) is 29.0 Å². The lowest BCUT2D eigenvalue weighted by Gasteiger charge is -2.38. The fraction of sp³-hybridized carbons (Fsp3) is 0.269. The fourth-order valence-corrected chi connectivity index (χ4v) is 4.75. The molecular weight excluding hydrogens is 458 g/mol. The van der Waals surface area contributed by atoms with Gasteiger partial charge in [0.15, 0.2) is 5.58 Å². The van der Waals surface area contributed by atoms with E-state index in [9.17, 15) is 13.9 Å². The van der Waals surface area contributed by atoms with Crippen molar-refractivity contribution in [2.45, 2.75) is 37.1 Å². The van der Waals surface area contributed by atoms with Gasteiger partial charge >= 0.3 is 0 Å². The number of hydrogen-bond acceptors (Lipinski definition) is 5. The van der Waals surface area contributed by atoms with Gasteiger partial charge in [-0.05, 0) is 65.3 Å². The van der Waals surface area contributed by atoms with Crippen LogP contribution in [0.5, 0.6) is 0 Å². The Morgan fingerprint density at radius 1 is 1.00 bits per heavy atom. The summed E-state index contributed by atoms with van der Waals surface area (Å²) in [5, 5.41) is 14.3. The zero-order valence-electron chi connectivity index (χ0n) is 18.2. The van der Waals surface area contributed by atoms with Crippen molar-refractivity contribution in [1.82, 2.24) is 10.3 Å². The second-order valence-corrected chi connectivity index (χ2v) is 8.96. The van der Waals surface area contributed by atoms with Crippen LogP contribution < -0.4 is 5.32 Å². The summed E-state index contributed by atoms with van der Waals surface area (Å²) in [5.41, 5.74) is 4.22. The fourth-order valence-electron chi connectivity index (χ4n) is 4.55. The molecule has 0 spiro atoms. The van der Waals surface area contributed by atoms with E-state index in [0.717, 1.165) is 22.2 Å². The topological polar surface area (TPSA) is 70.4 Å². The number of nitrogens with one attached hydrogen (secondary N) is 2. The quantitative estimate of drug-likeness (QED) is 0.329. The van der Waals surface area contributed by atoms with Gasteiger partial charge in [0.2, 0.25) is 0 Å². The van der Waals surface area contributed by atoms with Crippen LogP contribution in [0.4, 0.5) is 8.78 Å². The Kier molecular flexibility index (Phi) is 6.56. The molecule has 1 aromatic heterocycles. The van der Waals surface area contributed by atoms with Crippen molar-refractivity contribution in [2.24, 2.45) is 0 Å². The molecule has 8 heteroatoms. The third kappa shape index (κ3) is 4.95. The van der Waals surface area contributed by atoms with Gasteiger partial charge in [-0.3, -0.25) is 0 Å². The Hall–Kier alpha value is -2.91. The third-order valence-corrected chi connectivity index (χ3v) is 6.50. The van der Waals surface area contributed by atoms with Gasteiger partial charge in [-0.25, -0.2) is 8.78 Å². The van der Waals surface area contributed by atoms with Gasteiger partial charge in [-0.1, -0.05) is 30.3 Å². The highest BCUT2D eigenvalue weighted by Crippen LogP contribution is 2.35. The van der Waals surface area contributed by atoms with E-state index < -0.39 is 6.10 Å². The van der Waals surface area contributed by atoms with Gasteiger partial charge in [0.1, 0.15) is 11.6 Å². The standard InChI is InChI=1S/C26H24F2N2O3S/c27-18-6-2-16(3-7-18)25(17-4-8-19(28)9-5-17)24-12-22(31)21(14-32-24)29-13-15-1-10-20-23(11-15)33-26(34)30-20/h1-11,21-22,24-25,29,31H,12-14H2,(H,30,34). The van der Waals surface area contributed by atoms with Crippen molar-refractivity contribution >= 4 is 23.3 Å². The molecule has 0 aliphatic carbocycles. The lowest BCUT2D eigenvalue weighted by molar-refractivity contribution is -0.0718. The van der Waals surface area contributed by atoms with E-state index in [2.05, 4.69) is 10.3 Å². The average molecular weight is 483 g/mol. The number of oxazole rings is 1. The highest BCUT2D eigenvalue weighted by Gasteiger charge is 2.35. The zero-order chi connectivity index (χ0) is 23.7. The third-order valence-electron chi connectivity index (χ3n) is 6.31. The van der Waals surface area contributed by atoms with Gasteiger partial charge in [0.25, 0.3) is 4.84 Å². The van der Waals surface area contributed by atoms with Crippen LogP contribution in [0.3, 0.4) is 0 Å². The Bertz CT molecular complexity index is 1280. The Balaban J connectivity index is 1.29. The zero-order valence-corrected chi connectivity index (χ0v) is 19.0. The van der Waals surface area contributed by atoms with Crippen molar-refractivity contribution < 1.29 is 23.0 Å². The van der Waals surface area contributed by atoms with Gasteiger partial charge < -0.3 is 24.6 Å². The summed E-state index contributed by atoms with van der Waals surface area (Å²) >= 11 is 5.03. The number of fused-ring (bicyclic) bond motifs is 1. The summed E-state index contributed by atoms with van der Waals surface area (Å²) in [4.78, 5) is 3.31. The van der Waals surface area contributed by atoms with Crippen molar-refractivity contribution in [3.8, 4) is 0 Å². The largest absolute Gasteiger partial charge is 0.429 e. The molecule has 176 valence electrons. The Morgan fingerprint density at radius 2 is 1.65 bits per heavy atom. The van der Waals surface area contributed by atoms with E-state index in [4.69, 9.17) is 21.4 Å². The molecule has 5 nitrogen and oxygen atoms in total. The molecule has 1 fully saturated rings. The first-order valence-corrected chi connectivity index (χ1v) is 11.5. The minimum atomic E-state index is -0.651. The summed E-state index contributed by atoms with van der Waals surface area (Å²) in [7, 11) is 0. The first-order chi connectivity index (χ1) is 16.5. The molecule has 0 bridgehead atoms. The number of halogens is 2. The molecule has 1 saturated heterocycles. The number of hydrogen-bond donors (Lipinski definition) is 3. The molecule has 0 amide bonds. The first-order valence-electron chi connectivity index (χ1n) is 11.1. The van der Waals surface area contributed by atoms with E-state index in [1.54, 1.807) is 24.3 Å². The van der Waals surface area contributed by atoms with E-state index in [1.807, 2.05) is 18.2 Å². The molecule has 0 saturated carbocycles. The highest BCUT2D eigenvalue weighted by molar-refractivity contribution is 7.71. The molecule has 1 aliphatic rings. The second kappa shape index (κ2) is 9.76. The molecule has 34 heavy (non-hydrogen) atoms. The molecule has 5 rings (SSSR count). The second-order valence-electron chi connectivity index (χ2n) is 8.59. The molecule has 3 N–H and O–H groups in total. The molecule has 3 aromatic carbocycles. The van der Waals surface area contributed by atoms with Crippen molar-refractivity contribution in [3.05, 3.63) is 99.9 Å². The Labute approximate surface area is 200 Å². The highest BCUT2D eigenvalue weighted by atomic mass is 32.1. The number of aromatic amines is 1. The molecule has 3 atom stereocenters. The van der Waals surface area contributed by atoms with E-state index in [0.29, 0.717) is 30.0 Å². The van der Waals surface area contributed by atoms with Crippen LogP contribution in [0, 0.1) is 16.5 Å². The minimum absolute atomic E-state index is 0.258. The van der Waals surface area contributed by atoms with Crippen LogP contribution in [0.2, 0.25) is 0 Å². The summed E-state index contributed by atoms with van der Waals surface area (Å²) in [6, 6.07) is 18.0. The van der Waals surface area contributed by atoms with Crippen molar-refractivity contribution in [3.63, 3.8) is 0 Å². The van der Waals surface area contributed by atoms with Gasteiger partial charge in [-0.2, -0.15) is 0 Å². The summed E-state index contributed by atoms with van der Waals surface area (Å²) in [6.07, 6.45) is -0.616. The van der Waals surface area contributed by atoms with Gasteiger partial charge in [0.05, 0.1) is 30.4 Å². The van der Waals surface area contributed by atoms with E-state index in [-0.39, 0.29) is 29.7 Å². The Morgan fingerprint density at radius 3 is 2.26 bits per heavy atom. The smallest absolute Gasteiger partial charge is 0.266 e. The predicted molar refractivity (Wildman–Crippen MR) is 127 cm³/mol. The lowest BCUT2D eigenvalue weighted by Crippen LogP contribution is -2.50. The number of aliphatic hydroxyl groups is 1. The maximum atomic E-state index is 13.5. The van der Waals surface area contributed by atoms with E-state index in [1.165, 1.54) is 24.3 Å².